The number of halogens is 3. The number of alkyl halides is 3. The Bertz CT molecular complexity index is 183. The summed E-state index contributed by atoms with van der Waals surface area (Å²) in [6.07, 6.45) is -3.80. The van der Waals surface area contributed by atoms with E-state index < -0.39 is 12.1 Å². The number of hydrogen-bond donors (Lipinski definition) is 0. The fraction of sp³-hybridized carbons (Fsp3) is 0.667. The predicted molar refractivity (Wildman–Crippen MR) is 46.4 cm³/mol. The van der Waals surface area contributed by atoms with Crippen LogP contribution in [0.3, 0.4) is 0 Å². The second-order valence-electron chi connectivity index (χ2n) is 1.98. The zero-order valence-corrected chi connectivity index (χ0v) is 8.10. The average molecular weight is 232 g/mol. The summed E-state index contributed by atoms with van der Waals surface area (Å²) in [5, 5.41) is 8.78. The van der Waals surface area contributed by atoms with Gasteiger partial charge >= 0.3 is 6.18 Å². The Morgan fingerprint density at radius 2 is 2.08 bits per heavy atom. The Morgan fingerprint density at radius 1 is 1.54 bits per heavy atom. The first-order valence-corrected chi connectivity index (χ1v) is 5.37. The molecule has 0 aromatic carbocycles. The third kappa shape index (κ3) is 8.04. The number of carbonyl (C=O) groups excluding carboxylic acids is 1. The molecule has 1 rings (SSSR count). The smallest absolute Gasteiger partial charge is 0.430 e. The standard InChI is InChI=1S/C4H7S2.C2HF3O2/c1-2-5-4-6-3-1;3-2(4,5)1(6)7/h4H,1-3H2;(H,6,7)/q+1;/p-1. The molecule has 7 heteroatoms. The molecule has 1 aliphatic rings. The van der Waals surface area contributed by atoms with E-state index in [1.165, 1.54) is 17.9 Å². The number of aliphatic carboxylic acids is 1. The van der Waals surface area contributed by atoms with Gasteiger partial charge in [-0.1, -0.05) is 11.8 Å². The maximum Gasteiger partial charge on any atom is 0.430 e. The van der Waals surface area contributed by atoms with Gasteiger partial charge in [-0.05, 0) is 0 Å². The number of thioether (sulfide) groups is 1. The molecule has 0 aliphatic carbocycles. The highest BCUT2D eigenvalue weighted by Gasteiger charge is 2.28. The molecule has 1 heterocycles. The minimum absolute atomic E-state index is 1.34. The summed E-state index contributed by atoms with van der Waals surface area (Å²) in [5.41, 5.74) is 0. The maximum atomic E-state index is 10.5. The normalized spacial score (nSPS) is 15.9. The summed E-state index contributed by atoms with van der Waals surface area (Å²) in [6.45, 7) is 0. The quantitative estimate of drug-likeness (QED) is 0.444. The number of carbonyl (C=O) groups is 1. The van der Waals surface area contributed by atoms with Gasteiger partial charge in [0.2, 0.25) is 4.70 Å². The van der Waals surface area contributed by atoms with Crippen LogP contribution in [0.15, 0.2) is 0 Å². The van der Waals surface area contributed by atoms with Crippen molar-refractivity contribution in [2.24, 2.45) is 0 Å². The van der Waals surface area contributed by atoms with Gasteiger partial charge in [0.15, 0.2) is 17.1 Å². The van der Waals surface area contributed by atoms with Gasteiger partial charge in [0.05, 0.1) is 0 Å². The van der Waals surface area contributed by atoms with Crippen LogP contribution < -0.4 is 5.11 Å². The molecule has 1 aliphatic heterocycles. The van der Waals surface area contributed by atoms with E-state index in [9.17, 15) is 13.2 Å². The predicted octanol–water partition coefficient (Wildman–Crippen LogP) is 0.264. The van der Waals surface area contributed by atoms with Crippen LogP contribution in [0.5, 0.6) is 0 Å². The number of rotatable bonds is 0. The van der Waals surface area contributed by atoms with Crippen molar-refractivity contribution in [1.29, 1.82) is 0 Å². The molecule has 0 saturated heterocycles. The van der Waals surface area contributed by atoms with Gasteiger partial charge in [0.25, 0.3) is 0 Å². The fourth-order valence-electron chi connectivity index (χ4n) is 0.370. The fourth-order valence-corrected chi connectivity index (χ4v) is 2.33. The van der Waals surface area contributed by atoms with Crippen molar-refractivity contribution in [3.63, 3.8) is 0 Å². The van der Waals surface area contributed by atoms with Crippen molar-refractivity contribution >= 4 is 33.8 Å². The van der Waals surface area contributed by atoms with E-state index in [1.807, 2.05) is 23.1 Å². The van der Waals surface area contributed by atoms with Gasteiger partial charge < -0.3 is 9.90 Å². The number of carboxylic acid groups (broad SMARTS) is 1. The van der Waals surface area contributed by atoms with Crippen LogP contribution in [0.4, 0.5) is 13.2 Å². The van der Waals surface area contributed by atoms with Crippen molar-refractivity contribution in [3.8, 4) is 0 Å². The molecule has 0 aromatic heterocycles. The first-order valence-electron chi connectivity index (χ1n) is 3.27. The Morgan fingerprint density at radius 3 is 2.15 bits per heavy atom. The highest BCUT2D eigenvalue weighted by atomic mass is 32.2. The third-order valence-corrected chi connectivity index (χ3v) is 3.03. The Labute approximate surface area is 81.5 Å². The highest BCUT2D eigenvalue weighted by molar-refractivity contribution is 8.20. The summed E-state index contributed by atoms with van der Waals surface area (Å²) in [4.78, 5) is 8.78. The lowest BCUT2D eigenvalue weighted by Gasteiger charge is -2.03. The lowest BCUT2D eigenvalue weighted by Crippen LogP contribution is -2.37. The summed E-state index contributed by atoms with van der Waals surface area (Å²) in [7, 11) is 0. The van der Waals surface area contributed by atoms with Gasteiger partial charge in [-0.15, -0.1) is 0 Å². The molecule has 0 N–H and O–H groups in total. The second kappa shape index (κ2) is 6.20. The van der Waals surface area contributed by atoms with Crippen molar-refractivity contribution in [1.82, 2.24) is 0 Å². The molecule has 0 fully saturated rings. The third-order valence-electron chi connectivity index (χ3n) is 0.892. The first kappa shape index (κ1) is 12.7. The molecule has 76 valence electrons. The minimum atomic E-state index is -5.19. The Balaban J connectivity index is 0.000000223. The lowest BCUT2D eigenvalue weighted by molar-refractivity contribution is -0.344. The van der Waals surface area contributed by atoms with E-state index in [2.05, 4.69) is 4.70 Å². The monoisotopic (exact) mass is 232 g/mol. The van der Waals surface area contributed by atoms with Crippen LogP contribution in [0.2, 0.25) is 0 Å². The topological polar surface area (TPSA) is 40.1 Å². The van der Waals surface area contributed by atoms with E-state index >= 15 is 0 Å². The van der Waals surface area contributed by atoms with Gasteiger partial charge in [0, 0.05) is 12.2 Å². The molecular weight excluding hydrogens is 225 g/mol. The van der Waals surface area contributed by atoms with Crippen LogP contribution in [-0.2, 0) is 16.1 Å². The highest BCUT2D eigenvalue weighted by Crippen LogP contribution is 2.11. The van der Waals surface area contributed by atoms with E-state index in [-0.39, 0.29) is 0 Å². The molecule has 0 radical (unpaired) electrons. The van der Waals surface area contributed by atoms with E-state index in [1.54, 1.807) is 0 Å². The summed E-state index contributed by atoms with van der Waals surface area (Å²) < 4.78 is 33.8. The molecule has 0 atom stereocenters. The van der Waals surface area contributed by atoms with Crippen molar-refractivity contribution in [2.75, 3.05) is 11.5 Å². The van der Waals surface area contributed by atoms with Crippen LogP contribution in [-0.4, -0.2) is 28.4 Å². The van der Waals surface area contributed by atoms with Crippen LogP contribution in [0, 0.1) is 0 Å². The van der Waals surface area contributed by atoms with E-state index in [4.69, 9.17) is 9.90 Å². The van der Waals surface area contributed by atoms with Gasteiger partial charge in [-0.2, -0.15) is 13.2 Å². The summed E-state index contributed by atoms with van der Waals surface area (Å²) >= 11 is 3.87. The zero-order valence-electron chi connectivity index (χ0n) is 6.47. The zero-order chi connectivity index (χ0) is 10.3. The van der Waals surface area contributed by atoms with Crippen molar-refractivity contribution in [2.45, 2.75) is 12.6 Å². The minimum Gasteiger partial charge on any atom is -0.542 e. The van der Waals surface area contributed by atoms with Gasteiger partial charge in [-0.25, -0.2) is 0 Å². The van der Waals surface area contributed by atoms with Crippen molar-refractivity contribution in [3.05, 3.63) is 0 Å². The average Bonchev–Trinajstić information content (AvgIpc) is 2.07. The second-order valence-corrected chi connectivity index (χ2v) is 4.23. The van der Waals surface area contributed by atoms with Crippen LogP contribution in [0.1, 0.15) is 6.42 Å². The Kier molecular flexibility index (Phi) is 6.06. The largest absolute Gasteiger partial charge is 0.542 e. The first-order chi connectivity index (χ1) is 5.94. The van der Waals surface area contributed by atoms with E-state index in [0.29, 0.717) is 0 Å². The van der Waals surface area contributed by atoms with Crippen molar-refractivity contribution < 1.29 is 23.1 Å². The molecule has 13 heavy (non-hydrogen) atoms. The molecule has 0 unspecified atom stereocenters. The van der Waals surface area contributed by atoms with Gasteiger partial charge in [0.1, 0.15) is 5.97 Å². The molecule has 0 aromatic rings. The van der Waals surface area contributed by atoms with E-state index in [0.717, 1.165) is 0 Å². The molecule has 0 spiro atoms. The summed E-state index contributed by atoms with van der Waals surface area (Å²) in [5.74, 6) is -0.326. The lowest BCUT2D eigenvalue weighted by atomic mass is 10.6. The maximum absolute atomic E-state index is 10.5. The SMILES string of the molecule is C1=[S+]CCCS1.O=C([O-])C(F)(F)F. The Hall–Kier alpha value is -0.300. The molecule has 0 saturated carbocycles. The van der Waals surface area contributed by atoms with Crippen LogP contribution in [0.25, 0.3) is 0 Å². The number of carboxylic acids is 1. The molecule has 0 bridgehead atoms. The van der Waals surface area contributed by atoms with Gasteiger partial charge in [-0.3, -0.25) is 0 Å². The van der Waals surface area contributed by atoms with Crippen LogP contribution >= 0.6 is 11.8 Å². The summed E-state index contributed by atoms with van der Waals surface area (Å²) in [6, 6.07) is 0. The molecule has 2 nitrogen and oxygen atoms in total. The number of hydrogen-bond acceptors (Lipinski definition) is 3. The molecule has 0 amide bonds. The molecular formula is C6H7F3O2S2.